The predicted octanol–water partition coefficient (Wildman–Crippen LogP) is 34.8. The van der Waals surface area contributed by atoms with E-state index in [2.05, 4.69) is 447 Å². The zero-order valence-corrected chi connectivity index (χ0v) is 93.5. The summed E-state index contributed by atoms with van der Waals surface area (Å²) in [5.41, 5.74) is 27.1. The van der Waals surface area contributed by atoms with Crippen LogP contribution in [0.3, 0.4) is 0 Å². The molecule has 4 aromatic heterocycles. The summed E-state index contributed by atoms with van der Waals surface area (Å²) in [5.74, 6) is 1.18. The lowest BCUT2D eigenvalue weighted by Gasteiger charge is -2.36. The first-order valence-corrected chi connectivity index (χ1v) is 51.5. The van der Waals surface area contributed by atoms with E-state index in [1.165, 1.54) is 134 Å². The number of pyridine rings is 1. The van der Waals surface area contributed by atoms with Crippen molar-refractivity contribution in [2.75, 3.05) is 40.7 Å². The average Bonchev–Trinajstić information content (AvgIpc) is 1.64. The van der Waals surface area contributed by atoms with Crippen LogP contribution in [0.4, 0.5) is 28.4 Å². The number of aromatic nitrogens is 6. The Hall–Kier alpha value is -12.2. The minimum atomic E-state index is 0.350. The molecule has 0 saturated carbocycles. The van der Waals surface area contributed by atoms with Gasteiger partial charge in [0.25, 0.3) is 5.82 Å². The Morgan fingerprint density at radius 2 is 0.696 bits per heavy atom. The van der Waals surface area contributed by atoms with Crippen molar-refractivity contribution in [2.45, 2.75) is 289 Å². The summed E-state index contributed by atoms with van der Waals surface area (Å²) in [5, 5.41) is 2.62. The molecule has 8 heterocycles. The number of benzene rings is 10. The van der Waals surface area contributed by atoms with Crippen molar-refractivity contribution in [3.63, 3.8) is 0 Å². The van der Waals surface area contributed by atoms with E-state index in [1.807, 2.05) is 233 Å². The minimum absolute atomic E-state index is 0.350. The zero-order chi connectivity index (χ0) is 104. The van der Waals surface area contributed by atoms with Crippen molar-refractivity contribution in [1.29, 1.82) is 0 Å². The van der Waals surface area contributed by atoms with Gasteiger partial charge in [0.15, 0.2) is 26.5 Å². The van der Waals surface area contributed by atoms with Gasteiger partial charge in [0.05, 0.1) is 42.2 Å². The Morgan fingerprint density at radius 1 is 0.281 bits per heavy atom. The fourth-order valence-electron chi connectivity index (χ4n) is 14.9. The molecule has 18 rings (SSSR count). The van der Waals surface area contributed by atoms with Gasteiger partial charge in [0.1, 0.15) is 46.6 Å². The minimum Gasteiger partial charge on any atom is -0.359 e. The van der Waals surface area contributed by atoms with Gasteiger partial charge in [-0.05, 0) is 162 Å². The van der Waals surface area contributed by atoms with Gasteiger partial charge in [0, 0.05) is 96.8 Å². The summed E-state index contributed by atoms with van der Waals surface area (Å²) in [4.78, 5) is 14.0. The molecule has 0 unspecified atom stereocenters. The van der Waals surface area contributed by atoms with Crippen LogP contribution in [0.1, 0.15) is 267 Å². The number of para-hydroxylation sites is 9. The van der Waals surface area contributed by atoms with Crippen molar-refractivity contribution in [1.82, 2.24) is 23.7 Å². The van der Waals surface area contributed by atoms with E-state index in [4.69, 9.17) is 0 Å². The molecule has 12 nitrogen and oxygen atoms in total. The molecule has 4 aliphatic heterocycles. The van der Waals surface area contributed by atoms with E-state index < -0.39 is 0 Å². The third kappa shape index (κ3) is 33.7. The molecule has 10 aromatic carbocycles. The monoisotopic (exact) mass is 1830 g/mol. The fraction of sp³-hybridized carbons (Fsp3) is 0.390. The highest BCUT2D eigenvalue weighted by molar-refractivity contribution is 6.10. The maximum absolute atomic E-state index is 2.47. The molecule has 14 aromatic rings. The molecule has 738 valence electrons. The van der Waals surface area contributed by atoms with Crippen molar-refractivity contribution in [2.24, 2.45) is 21.1 Å². The molecule has 3 atom stereocenters. The second-order valence-electron chi connectivity index (χ2n) is 27.8. The molecule has 4 aliphatic rings. The predicted molar refractivity (Wildman–Crippen MR) is 608 cm³/mol. The number of aryl methyl sites for hydroxylation is 9. The molecule has 135 heavy (non-hydrogen) atoms. The molecule has 12 heteroatoms. The highest BCUT2D eigenvalue weighted by Gasteiger charge is 2.37. The van der Waals surface area contributed by atoms with Crippen LogP contribution in [-0.4, -0.2) is 63.4 Å². The number of rotatable bonds is 6. The molecule has 0 bridgehead atoms. The van der Waals surface area contributed by atoms with Gasteiger partial charge in [-0.3, -0.25) is 0 Å². The molecule has 0 N–H and O–H groups in total. The number of hydrogen-bond donors (Lipinski definition) is 0. The van der Waals surface area contributed by atoms with E-state index in [0.29, 0.717) is 18.5 Å². The van der Waals surface area contributed by atoms with Gasteiger partial charge in [0.2, 0.25) is 0 Å². The summed E-state index contributed by atoms with van der Waals surface area (Å²) < 4.78 is 13.1. The van der Waals surface area contributed by atoms with Gasteiger partial charge in [-0.2, -0.15) is 4.57 Å². The second-order valence-corrected chi connectivity index (χ2v) is 27.8. The van der Waals surface area contributed by atoms with E-state index in [9.17, 15) is 0 Å². The third-order valence-electron chi connectivity index (χ3n) is 21.0. The molecule has 0 aliphatic carbocycles. The second kappa shape index (κ2) is 73.3. The summed E-state index contributed by atoms with van der Waals surface area (Å²) in [6.45, 7) is 79.7. The number of hydrogen-bond acceptors (Lipinski definition) is 6. The number of nitrogens with zero attached hydrogens (tertiary/aromatic N) is 12. The Morgan fingerprint density at radius 3 is 1.19 bits per heavy atom. The molecule has 0 amide bonds. The maximum atomic E-state index is 2.47. The van der Waals surface area contributed by atoms with Gasteiger partial charge in [-0.1, -0.05) is 396 Å². The first kappa shape index (κ1) is 127. The van der Waals surface area contributed by atoms with Crippen molar-refractivity contribution >= 4 is 55.9 Å². The van der Waals surface area contributed by atoms with Crippen LogP contribution < -0.4 is 33.5 Å². The van der Waals surface area contributed by atoms with Crippen molar-refractivity contribution < 1.29 is 13.9 Å². The lowest BCUT2D eigenvalue weighted by Crippen LogP contribution is -2.37. The van der Waals surface area contributed by atoms with Crippen molar-refractivity contribution in [3.05, 3.63) is 349 Å². The molecule has 0 spiro atoms. The first-order chi connectivity index (χ1) is 65.9. The van der Waals surface area contributed by atoms with Gasteiger partial charge >= 0.3 is 0 Å². The molecule has 0 radical (unpaired) electrons. The average molecular weight is 1840 g/mol. The van der Waals surface area contributed by atoms with Crippen LogP contribution in [0.15, 0.2) is 310 Å². The van der Waals surface area contributed by atoms with E-state index in [-0.39, 0.29) is 0 Å². The summed E-state index contributed by atoms with van der Waals surface area (Å²) >= 11 is 0. The van der Waals surface area contributed by atoms with Gasteiger partial charge in [-0.15, -0.1) is 18.7 Å². The Balaban J connectivity index is -0.00000147. The zero-order valence-electron chi connectivity index (χ0n) is 93.5. The smallest absolute Gasteiger partial charge is 0.286 e. The molecular formula is C123H189N12+3. The highest BCUT2D eigenvalue weighted by Crippen LogP contribution is 2.50. The van der Waals surface area contributed by atoms with E-state index in [1.54, 1.807) is 0 Å². The Kier molecular flexibility index (Phi) is 68.9. The Bertz CT molecular complexity index is 5450. The SMILES string of the molecule is CC.CC.CC.CC.CC.CC.CC.CC.CC.CC.CC.CC.CC.CC.CC.Cc1cccc2c1N1C(=CN(C)[C@@H]1C)c1ccccc1-2.Cc1cccc2c3ccccc3n(-c3cccc[n+]3C)c12.Cc1ccccc1-n1c(-c2ccccc2)cc[n+]1C.Cc1ccccc1-n1ccc[n+]1C.Cc1ccccc1N1C=CN(C)[C@@H]1C.Cc1ccccc1N1c2ccccc2N(C)[C@@H]1C. The first-order valence-electron chi connectivity index (χ1n) is 51.5. The van der Waals surface area contributed by atoms with Crippen LogP contribution in [0.5, 0.6) is 0 Å². The lowest BCUT2D eigenvalue weighted by atomic mass is 9.90. The molecular weight excluding hydrogens is 1650 g/mol. The highest BCUT2D eigenvalue weighted by atomic mass is 15.4. The number of anilines is 5. The van der Waals surface area contributed by atoms with Crippen LogP contribution in [0, 0.1) is 41.5 Å². The lowest BCUT2D eigenvalue weighted by molar-refractivity contribution is -0.744. The summed E-state index contributed by atoms with van der Waals surface area (Å²) in [6, 6.07) is 93.9. The van der Waals surface area contributed by atoms with Crippen LogP contribution in [0.25, 0.3) is 67.1 Å². The third-order valence-corrected chi connectivity index (χ3v) is 21.0. The maximum Gasteiger partial charge on any atom is 0.286 e. The summed E-state index contributed by atoms with van der Waals surface area (Å²) in [6.07, 6.45) is 15.9. The van der Waals surface area contributed by atoms with E-state index >= 15 is 0 Å². The van der Waals surface area contributed by atoms with Crippen LogP contribution in [0.2, 0.25) is 0 Å². The largest absolute Gasteiger partial charge is 0.359 e. The topological polar surface area (TPSA) is 45.9 Å². The van der Waals surface area contributed by atoms with Gasteiger partial charge in [-0.25, -0.2) is 4.57 Å². The van der Waals surface area contributed by atoms with Crippen LogP contribution in [-0.2, 0) is 21.1 Å². The standard InChI is InChI=1S/C19H17N2.C18H18N2.C17H17N2.C16H18N2.C12H16N2.C11H13N2.15C2H6/c1-14-8-7-10-16-15-9-3-4-11-17(15)21(19(14)16)18-12-5-6-13-20(18)2;1-12-7-6-10-16-14-8-4-5-9-15(14)17-11-19(3)13(2)20(17)18(12)16;1-14-8-6-7-11-16(14)19-17(12-13-18(19)2)15-9-4-3-5-10-15;1-12-8-4-5-9-14(12)18-13(2)17(3)15-10-6-7-11-16(15)18;1-10-6-4-5-7-12(10)14-9-8-13(3)11(14)2;1-10-6-3-4-7-11(10)13-9-5-8-12(13)2;15*1-2/h3-13H,1-2H3;4-11,13H,1-3H3;3-13H,1-2H3;4-11,13H,1-3H3;4-9,11H,1-3H3;3-9H,1-2H3;15*1-2H3/q+1;;+1;;;+1;;;;;;;;;;;;;;;/t;13-;;13-;11-;;;;;;;;;;;;;;;;/m.0.00................/s1. The number of fused-ring (bicyclic) bond motifs is 10. The van der Waals surface area contributed by atoms with Crippen LogP contribution >= 0.6 is 0 Å². The molecule has 0 saturated heterocycles. The normalized spacial score (nSPS) is 12.3. The van der Waals surface area contributed by atoms with E-state index in [0.717, 1.165) is 0 Å². The fourth-order valence-corrected chi connectivity index (χ4v) is 14.9. The quantitative estimate of drug-likeness (QED) is 0.155. The van der Waals surface area contributed by atoms with Gasteiger partial charge < -0.3 is 29.4 Å². The Labute approximate surface area is 827 Å². The molecule has 0 fully saturated rings. The van der Waals surface area contributed by atoms with Crippen molar-refractivity contribution in [3.8, 4) is 39.6 Å². The summed E-state index contributed by atoms with van der Waals surface area (Å²) in [7, 11) is 12.6.